The number of methoxy groups -OCH3 is 2. The Bertz CT molecular complexity index is 1520. The van der Waals surface area contributed by atoms with Gasteiger partial charge in [-0.05, 0) is 69.4 Å². The van der Waals surface area contributed by atoms with E-state index in [-0.39, 0.29) is 58.5 Å². The highest BCUT2D eigenvalue weighted by Gasteiger charge is 2.42. The van der Waals surface area contributed by atoms with Crippen LogP contribution >= 0.6 is 31.9 Å². The van der Waals surface area contributed by atoms with E-state index in [1.54, 1.807) is 25.9 Å². The first-order chi connectivity index (χ1) is 27.2. The normalized spacial score (nSPS) is 18.8. The van der Waals surface area contributed by atoms with Gasteiger partial charge in [0.05, 0.1) is 43.2 Å². The van der Waals surface area contributed by atoms with Crippen molar-refractivity contribution in [2.75, 3.05) is 54.5 Å². The summed E-state index contributed by atoms with van der Waals surface area (Å²) in [7, 11) is 6.09. The monoisotopic (exact) mass is 948 g/mol. The number of imide groups is 1. The lowest BCUT2D eigenvalue weighted by molar-refractivity contribution is -0.146. The predicted molar refractivity (Wildman–Crippen MR) is 221 cm³/mol. The van der Waals surface area contributed by atoms with Gasteiger partial charge < -0.3 is 39.9 Å². The Morgan fingerprint density at radius 1 is 0.862 bits per heavy atom. The lowest BCUT2D eigenvalue weighted by Crippen LogP contribution is -2.55. The number of hydrogen-bond acceptors (Lipinski definition) is 10. The van der Waals surface area contributed by atoms with Gasteiger partial charge in [-0.15, -0.1) is 0 Å². The summed E-state index contributed by atoms with van der Waals surface area (Å²) >= 11 is 6.22. The summed E-state index contributed by atoms with van der Waals surface area (Å²) in [6, 6.07) is -1.83. The Hall–Kier alpha value is -3.42. The molecular weight excluding hydrogens is 888 g/mol. The van der Waals surface area contributed by atoms with Gasteiger partial charge in [0.1, 0.15) is 21.6 Å². The van der Waals surface area contributed by atoms with Crippen molar-refractivity contribution in [3.63, 3.8) is 0 Å². The summed E-state index contributed by atoms with van der Waals surface area (Å²) in [4.78, 5) is 108. The molecule has 2 rings (SSSR count). The molecule has 2 aliphatic heterocycles. The van der Waals surface area contributed by atoms with Crippen molar-refractivity contribution in [2.24, 2.45) is 17.8 Å². The smallest absolute Gasteiger partial charge is 0.322 e. The topological polar surface area (TPSA) is 212 Å². The van der Waals surface area contributed by atoms with E-state index in [1.165, 1.54) is 24.0 Å². The van der Waals surface area contributed by atoms with E-state index in [9.17, 15) is 38.4 Å². The Balaban J connectivity index is 2.04. The second-order valence-corrected chi connectivity index (χ2v) is 17.0. The van der Waals surface area contributed by atoms with Gasteiger partial charge in [0.2, 0.25) is 29.5 Å². The van der Waals surface area contributed by atoms with Crippen LogP contribution in [0.1, 0.15) is 86.0 Å². The molecule has 3 N–H and O–H groups in total. The molecule has 2 aliphatic rings. The number of nitrogens with one attached hydrogen (secondary N) is 2. The third-order valence-corrected chi connectivity index (χ3v) is 13.2. The molecule has 19 heteroatoms. The second kappa shape index (κ2) is 24.0. The van der Waals surface area contributed by atoms with E-state index in [0.29, 0.717) is 45.1 Å². The average Bonchev–Trinajstić information content (AvgIpc) is 3.74. The lowest BCUT2D eigenvalue weighted by atomic mass is 9.90. The van der Waals surface area contributed by atoms with Crippen LogP contribution in [-0.2, 0) is 47.8 Å². The van der Waals surface area contributed by atoms with Gasteiger partial charge in [0.25, 0.3) is 11.8 Å². The maximum atomic E-state index is 13.9. The first-order valence-electron chi connectivity index (χ1n) is 19.8. The van der Waals surface area contributed by atoms with E-state index < -0.39 is 78.3 Å². The zero-order valence-electron chi connectivity index (χ0n) is 35.2. The Labute approximate surface area is 358 Å². The average molecular weight is 951 g/mol. The minimum Gasteiger partial charge on any atom is -0.480 e. The summed E-state index contributed by atoms with van der Waals surface area (Å²) in [6.45, 7) is 8.95. The van der Waals surface area contributed by atoms with Crippen molar-refractivity contribution in [3.8, 4) is 0 Å². The summed E-state index contributed by atoms with van der Waals surface area (Å²) < 4.78 is 12.0. The number of ether oxygens (including phenoxy) is 2. The number of unbranched alkanes of at least 4 members (excludes halogenated alkanes) is 2. The quantitative estimate of drug-likeness (QED) is 0.0946. The molecule has 7 atom stereocenters. The van der Waals surface area contributed by atoms with Crippen LogP contribution in [0, 0.1) is 17.8 Å². The molecule has 6 unspecified atom stereocenters. The second-order valence-electron chi connectivity index (χ2n) is 15.4. The molecule has 328 valence electrons. The van der Waals surface area contributed by atoms with E-state index in [4.69, 9.17) is 14.6 Å². The predicted octanol–water partition coefficient (Wildman–Crippen LogP) is 2.64. The molecule has 0 aliphatic carbocycles. The third kappa shape index (κ3) is 13.3. The number of hydrogen-bond donors (Lipinski definition) is 3. The molecule has 0 aromatic rings. The van der Waals surface area contributed by atoms with Gasteiger partial charge in [-0.3, -0.25) is 43.3 Å². The zero-order chi connectivity index (χ0) is 44.0. The first kappa shape index (κ1) is 50.7. The molecule has 0 bridgehead atoms. The van der Waals surface area contributed by atoms with Crippen molar-refractivity contribution in [3.05, 3.63) is 8.96 Å². The highest BCUT2D eigenvalue weighted by molar-refractivity contribution is 9.14. The summed E-state index contributed by atoms with van der Waals surface area (Å²) in [6.07, 6.45) is 2.21. The van der Waals surface area contributed by atoms with E-state index in [0.717, 1.165) is 4.90 Å². The van der Waals surface area contributed by atoms with Crippen LogP contribution in [0.4, 0.5) is 0 Å². The number of likely N-dealkylation sites (tertiary alicyclic amines) is 1. The molecule has 58 heavy (non-hydrogen) atoms. The van der Waals surface area contributed by atoms with Crippen LogP contribution in [0.3, 0.4) is 0 Å². The number of carbonyl (C=O) groups is 8. The number of likely N-dealkylation sites (N-methyl/N-ethyl adjacent to an activating group) is 2. The number of aliphatic carboxylic acids is 1. The molecule has 1 saturated heterocycles. The zero-order valence-corrected chi connectivity index (χ0v) is 38.4. The van der Waals surface area contributed by atoms with Crippen molar-refractivity contribution in [1.29, 1.82) is 0 Å². The Kier molecular flexibility index (Phi) is 21.0. The van der Waals surface area contributed by atoms with E-state index in [2.05, 4.69) is 42.5 Å². The van der Waals surface area contributed by atoms with Crippen LogP contribution < -0.4 is 10.6 Å². The number of amides is 7. The van der Waals surface area contributed by atoms with Crippen LogP contribution in [0.5, 0.6) is 0 Å². The number of rotatable bonds is 24. The summed E-state index contributed by atoms with van der Waals surface area (Å²) in [5.74, 6) is -4.98. The first-order valence-corrected chi connectivity index (χ1v) is 21.4. The van der Waals surface area contributed by atoms with Crippen LogP contribution in [-0.4, -0.2) is 157 Å². The van der Waals surface area contributed by atoms with Gasteiger partial charge >= 0.3 is 5.97 Å². The standard InChI is InChI=1S/C39H62Br2N6O11/c1-10-23(4)34(26(57-8)19-28(49)46-18-14-15-25(46)35(58-9)24(5)36(53)43-21-30(51)52)45(7)29(50)20-42-37(54)33(22(2)3)44(6)27(48)16-12-11-13-17-47-38(55)31(40)32(41)39(47)56/h22-26,33-35H,10-21H2,1-9H3,(H,42,54)(H,43,53)(H,51,52)/t23-,24?,25?,26?,33?,34?,35?/m0/s1. The fourth-order valence-corrected chi connectivity index (χ4v) is 8.51. The largest absolute Gasteiger partial charge is 0.480 e. The van der Waals surface area contributed by atoms with Crippen molar-refractivity contribution in [2.45, 2.75) is 116 Å². The Morgan fingerprint density at radius 3 is 2.00 bits per heavy atom. The van der Waals surface area contributed by atoms with Crippen LogP contribution in [0.25, 0.3) is 0 Å². The fraction of sp³-hybridized carbons (Fsp3) is 0.744. The van der Waals surface area contributed by atoms with Gasteiger partial charge in [0.15, 0.2) is 0 Å². The van der Waals surface area contributed by atoms with Crippen molar-refractivity contribution in [1.82, 2.24) is 30.2 Å². The van der Waals surface area contributed by atoms with Gasteiger partial charge in [0, 0.05) is 47.8 Å². The number of halogens is 2. The Morgan fingerprint density at radius 2 is 1.47 bits per heavy atom. The molecule has 0 spiro atoms. The van der Waals surface area contributed by atoms with Gasteiger partial charge in [-0.1, -0.05) is 47.5 Å². The molecular formula is C39H62Br2N6O11. The van der Waals surface area contributed by atoms with E-state index in [1.807, 2.05) is 27.7 Å². The highest BCUT2D eigenvalue weighted by atomic mass is 79.9. The van der Waals surface area contributed by atoms with E-state index >= 15 is 0 Å². The molecule has 7 amide bonds. The number of carboxylic acids is 1. The number of nitrogens with zero attached hydrogens (tertiary/aromatic N) is 4. The molecule has 0 radical (unpaired) electrons. The minimum atomic E-state index is -1.17. The minimum absolute atomic E-state index is 0.0639. The number of carbonyl (C=O) groups excluding carboxylic acids is 7. The summed E-state index contributed by atoms with van der Waals surface area (Å²) in [5.41, 5.74) is 0. The lowest BCUT2D eigenvalue weighted by Gasteiger charge is -2.39. The van der Waals surface area contributed by atoms with Gasteiger partial charge in [-0.2, -0.15) is 0 Å². The fourth-order valence-electron chi connectivity index (χ4n) is 7.74. The maximum absolute atomic E-state index is 13.9. The van der Waals surface area contributed by atoms with Gasteiger partial charge in [-0.25, -0.2) is 0 Å². The third-order valence-electron chi connectivity index (χ3n) is 11.2. The molecule has 0 saturated carbocycles. The summed E-state index contributed by atoms with van der Waals surface area (Å²) in [5, 5.41) is 14.1. The van der Waals surface area contributed by atoms with Crippen molar-refractivity contribution >= 4 is 79.2 Å². The van der Waals surface area contributed by atoms with Crippen LogP contribution in [0.15, 0.2) is 8.96 Å². The molecule has 1 fully saturated rings. The highest BCUT2D eigenvalue weighted by Crippen LogP contribution is 2.31. The maximum Gasteiger partial charge on any atom is 0.322 e. The molecule has 0 aromatic carbocycles. The molecule has 0 aromatic heterocycles. The SMILES string of the molecule is CC[C@H](C)C(C(CC(=O)N1CCCC1C(OC)C(C)C(=O)NCC(=O)O)OC)N(C)C(=O)CNC(=O)C(C(C)C)N(C)C(=O)CCCCCN1C(=O)C(Br)=C(Br)C1=O. The van der Waals surface area contributed by atoms with Crippen LogP contribution in [0.2, 0.25) is 0 Å². The molecule has 2 heterocycles. The number of carboxylic acid groups (broad SMARTS) is 1. The van der Waals surface area contributed by atoms with Crippen molar-refractivity contribution < 1.29 is 52.9 Å². The molecule has 17 nitrogen and oxygen atoms in total.